The number of halogens is 1. The monoisotopic (exact) mass is 438 g/mol. The van der Waals surface area contributed by atoms with Crippen molar-refractivity contribution in [2.45, 2.75) is 13.0 Å². The summed E-state index contributed by atoms with van der Waals surface area (Å²) in [5, 5.41) is 13.5. The number of benzene rings is 3. The summed E-state index contributed by atoms with van der Waals surface area (Å²) in [5.74, 6) is -0.648. The maximum absolute atomic E-state index is 13.0. The van der Waals surface area contributed by atoms with Gasteiger partial charge in [-0.1, -0.05) is 0 Å². The normalized spacial score (nSPS) is 11.3. The maximum Gasteiger partial charge on any atom is 0.271 e. The standard InChI is InChI=1S/C23H19FN2O6/c1-14(23(28)25-20-13-18(26(29)30)9-12-21(20)31-2)32-19-10-5-16(6-11-19)22(27)15-3-7-17(24)8-4-15/h3-14H,1-2H3,(H,25,28)/t14-/m1/s1. The van der Waals surface area contributed by atoms with Gasteiger partial charge in [0.25, 0.3) is 11.6 Å². The Labute approximate surface area is 182 Å². The van der Waals surface area contributed by atoms with Gasteiger partial charge in [0.15, 0.2) is 11.9 Å². The second kappa shape index (κ2) is 9.69. The average molecular weight is 438 g/mol. The molecule has 0 aliphatic heterocycles. The fourth-order valence-electron chi connectivity index (χ4n) is 2.85. The third-order valence-corrected chi connectivity index (χ3v) is 4.56. The number of nitro groups is 1. The lowest BCUT2D eigenvalue weighted by Crippen LogP contribution is -2.30. The highest BCUT2D eigenvalue weighted by Crippen LogP contribution is 2.29. The zero-order chi connectivity index (χ0) is 23.3. The molecule has 32 heavy (non-hydrogen) atoms. The van der Waals surface area contributed by atoms with Gasteiger partial charge in [0.1, 0.15) is 17.3 Å². The number of ketones is 1. The van der Waals surface area contributed by atoms with E-state index < -0.39 is 22.8 Å². The minimum atomic E-state index is -0.947. The minimum absolute atomic E-state index is 0.141. The van der Waals surface area contributed by atoms with E-state index in [-0.39, 0.29) is 22.9 Å². The smallest absolute Gasteiger partial charge is 0.271 e. The number of carbonyl (C=O) groups is 2. The van der Waals surface area contributed by atoms with E-state index in [0.29, 0.717) is 16.9 Å². The second-order valence-corrected chi connectivity index (χ2v) is 6.75. The number of amides is 1. The van der Waals surface area contributed by atoms with Crippen molar-refractivity contribution in [2.24, 2.45) is 0 Å². The van der Waals surface area contributed by atoms with Crippen LogP contribution in [0.1, 0.15) is 22.8 Å². The number of nitrogens with one attached hydrogen (secondary N) is 1. The Balaban J connectivity index is 1.67. The lowest BCUT2D eigenvalue weighted by Gasteiger charge is -2.16. The summed E-state index contributed by atoms with van der Waals surface area (Å²) >= 11 is 0. The first-order valence-corrected chi connectivity index (χ1v) is 9.48. The van der Waals surface area contributed by atoms with Crippen LogP contribution in [0.4, 0.5) is 15.8 Å². The van der Waals surface area contributed by atoms with Crippen LogP contribution in [0.15, 0.2) is 66.7 Å². The number of carbonyl (C=O) groups excluding carboxylic acids is 2. The molecule has 0 saturated heterocycles. The minimum Gasteiger partial charge on any atom is -0.495 e. The lowest BCUT2D eigenvalue weighted by molar-refractivity contribution is -0.384. The fraction of sp³-hybridized carbons (Fsp3) is 0.130. The van der Waals surface area contributed by atoms with Gasteiger partial charge in [-0.05, 0) is 61.5 Å². The molecule has 1 N–H and O–H groups in total. The summed E-state index contributed by atoms with van der Waals surface area (Å²) in [5.41, 5.74) is 0.666. The van der Waals surface area contributed by atoms with E-state index in [1.807, 2.05) is 0 Å². The number of nitro benzene ring substituents is 1. The molecule has 0 unspecified atom stereocenters. The van der Waals surface area contributed by atoms with Gasteiger partial charge in [-0.2, -0.15) is 0 Å². The molecule has 0 bridgehead atoms. The number of anilines is 1. The first-order valence-electron chi connectivity index (χ1n) is 9.48. The SMILES string of the molecule is COc1ccc([N+](=O)[O-])cc1NC(=O)[C@@H](C)Oc1ccc(C(=O)c2ccc(F)cc2)cc1. The Morgan fingerprint density at radius 3 is 2.16 bits per heavy atom. The molecule has 8 nitrogen and oxygen atoms in total. The summed E-state index contributed by atoms with van der Waals surface area (Å²) in [6.45, 7) is 1.51. The van der Waals surface area contributed by atoms with Crippen LogP contribution < -0.4 is 14.8 Å². The van der Waals surface area contributed by atoms with E-state index in [0.717, 1.165) is 0 Å². The van der Waals surface area contributed by atoms with E-state index in [2.05, 4.69) is 5.32 Å². The molecular weight excluding hydrogens is 419 g/mol. The van der Waals surface area contributed by atoms with Gasteiger partial charge in [-0.25, -0.2) is 4.39 Å². The maximum atomic E-state index is 13.0. The topological polar surface area (TPSA) is 108 Å². The lowest BCUT2D eigenvalue weighted by atomic mass is 10.0. The van der Waals surface area contributed by atoms with Crippen molar-refractivity contribution in [1.29, 1.82) is 0 Å². The molecule has 164 valence electrons. The number of hydrogen-bond acceptors (Lipinski definition) is 6. The third-order valence-electron chi connectivity index (χ3n) is 4.56. The highest BCUT2D eigenvalue weighted by Gasteiger charge is 2.19. The molecule has 0 heterocycles. The molecule has 1 atom stereocenters. The summed E-state index contributed by atoms with van der Waals surface area (Å²) < 4.78 is 23.8. The largest absolute Gasteiger partial charge is 0.495 e. The van der Waals surface area contributed by atoms with Crippen LogP contribution in [0.3, 0.4) is 0 Å². The van der Waals surface area contributed by atoms with Crippen LogP contribution in [-0.4, -0.2) is 29.8 Å². The summed E-state index contributed by atoms with van der Waals surface area (Å²) in [6, 6.07) is 15.2. The fourth-order valence-corrected chi connectivity index (χ4v) is 2.85. The van der Waals surface area contributed by atoms with Gasteiger partial charge in [-0.15, -0.1) is 0 Å². The van der Waals surface area contributed by atoms with Crippen molar-refractivity contribution in [1.82, 2.24) is 0 Å². The van der Waals surface area contributed by atoms with Gasteiger partial charge in [0.2, 0.25) is 0 Å². The molecule has 0 aliphatic rings. The summed E-state index contributed by atoms with van der Waals surface area (Å²) in [6.07, 6.45) is -0.947. The second-order valence-electron chi connectivity index (χ2n) is 6.75. The van der Waals surface area contributed by atoms with Crippen molar-refractivity contribution in [3.63, 3.8) is 0 Å². The van der Waals surface area contributed by atoms with E-state index in [1.165, 1.54) is 80.8 Å². The molecule has 3 aromatic rings. The molecule has 1 amide bonds. The summed E-state index contributed by atoms with van der Waals surface area (Å²) in [7, 11) is 1.38. The highest BCUT2D eigenvalue weighted by molar-refractivity contribution is 6.09. The van der Waals surface area contributed by atoms with Crippen LogP contribution in [0.25, 0.3) is 0 Å². The predicted molar refractivity (Wildman–Crippen MR) is 115 cm³/mol. The first kappa shape index (κ1) is 22.4. The number of rotatable bonds is 8. The van der Waals surface area contributed by atoms with Crippen molar-refractivity contribution in [3.8, 4) is 11.5 Å². The first-order chi connectivity index (χ1) is 15.3. The third kappa shape index (κ3) is 5.25. The van der Waals surface area contributed by atoms with Crippen LogP contribution in [0.2, 0.25) is 0 Å². The molecule has 0 aliphatic carbocycles. The molecule has 3 rings (SSSR count). The van der Waals surface area contributed by atoms with Gasteiger partial charge in [0, 0.05) is 23.3 Å². The van der Waals surface area contributed by atoms with Crippen molar-refractivity contribution in [2.75, 3.05) is 12.4 Å². The molecule has 0 spiro atoms. The Morgan fingerprint density at radius 1 is 1.00 bits per heavy atom. The van der Waals surface area contributed by atoms with Crippen molar-refractivity contribution < 1.29 is 28.4 Å². The van der Waals surface area contributed by atoms with Crippen LogP contribution in [0.5, 0.6) is 11.5 Å². The number of hydrogen-bond donors (Lipinski definition) is 1. The Bertz CT molecular complexity index is 1150. The van der Waals surface area contributed by atoms with E-state index in [4.69, 9.17) is 9.47 Å². The zero-order valence-corrected chi connectivity index (χ0v) is 17.2. The number of ether oxygens (including phenoxy) is 2. The molecule has 0 fully saturated rings. The number of methoxy groups -OCH3 is 1. The molecular formula is C23H19FN2O6. The van der Waals surface area contributed by atoms with E-state index in [9.17, 15) is 24.1 Å². The van der Waals surface area contributed by atoms with Crippen molar-refractivity contribution in [3.05, 3.63) is 93.8 Å². The van der Waals surface area contributed by atoms with Crippen molar-refractivity contribution >= 4 is 23.1 Å². The van der Waals surface area contributed by atoms with Gasteiger partial charge < -0.3 is 14.8 Å². The Hall–Kier alpha value is -4.27. The zero-order valence-electron chi connectivity index (χ0n) is 17.2. The predicted octanol–water partition coefficient (Wildman–Crippen LogP) is 4.38. The van der Waals surface area contributed by atoms with Crippen LogP contribution in [-0.2, 0) is 4.79 Å². The number of non-ortho nitro benzene ring substituents is 1. The molecule has 9 heteroatoms. The number of nitrogens with zero attached hydrogens (tertiary/aromatic N) is 1. The molecule has 0 saturated carbocycles. The summed E-state index contributed by atoms with van der Waals surface area (Å²) in [4.78, 5) is 35.4. The Morgan fingerprint density at radius 2 is 1.59 bits per heavy atom. The van der Waals surface area contributed by atoms with Crippen LogP contribution in [0, 0.1) is 15.9 Å². The van der Waals surface area contributed by atoms with E-state index in [1.54, 1.807) is 0 Å². The molecule has 0 aromatic heterocycles. The van der Waals surface area contributed by atoms with Gasteiger partial charge >= 0.3 is 0 Å². The van der Waals surface area contributed by atoms with Gasteiger partial charge in [0.05, 0.1) is 17.7 Å². The quantitative estimate of drug-likeness (QED) is 0.318. The molecule has 0 radical (unpaired) electrons. The Kier molecular flexibility index (Phi) is 6.79. The molecule has 3 aromatic carbocycles. The average Bonchev–Trinajstić information content (AvgIpc) is 2.79. The van der Waals surface area contributed by atoms with E-state index >= 15 is 0 Å². The van der Waals surface area contributed by atoms with Gasteiger partial charge in [-0.3, -0.25) is 19.7 Å². The highest BCUT2D eigenvalue weighted by atomic mass is 19.1. The van der Waals surface area contributed by atoms with Crippen LogP contribution >= 0.6 is 0 Å².